The fourth-order valence-corrected chi connectivity index (χ4v) is 1.84. The van der Waals surface area contributed by atoms with Crippen molar-refractivity contribution < 1.29 is 19.4 Å². The minimum Gasteiger partial charge on any atom is -0.504 e. The molecule has 0 bridgehead atoms. The summed E-state index contributed by atoms with van der Waals surface area (Å²) in [7, 11) is 0. The van der Waals surface area contributed by atoms with E-state index in [9.17, 15) is 9.90 Å². The predicted octanol–water partition coefficient (Wildman–Crippen LogP) is 1.57. The number of pyridine rings is 1. The van der Waals surface area contributed by atoms with Gasteiger partial charge < -0.3 is 19.9 Å². The summed E-state index contributed by atoms with van der Waals surface area (Å²) in [6.45, 7) is 0.108. The van der Waals surface area contributed by atoms with E-state index in [0.29, 0.717) is 11.5 Å². The van der Waals surface area contributed by atoms with Gasteiger partial charge >= 0.3 is 0 Å². The third-order valence-electron chi connectivity index (χ3n) is 2.83. The van der Waals surface area contributed by atoms with Crippen LogP contribution in [0.25, 0.3) is 0 Å². The van der Waals surface area contributed by atoms with E-state index in [2.05, 4.69) is 10.3 Å². The molecular weight excluding hydrogens is 260 g/mol. The summed E-state index contributed by atoms with van der Waals surface area (Å²) < 4.78 is 11.0. The zero-order chi connectivity index (χ0) is 13.9. The Balaban J connectivity index is 1.72. The zero-order valence-corrected chi connectivity index (χ0v) is 10.4. The molecule has 1 aromatic heterocycles. The summed E-state index contributed by atoms with van der Waals surface area (Å²) in [6, 6.07) is 10.1. The standard InChI is InChI=1S/C14H12N2O4/c17-9-4-3-7-15-13(9)16-14(18)12-8-19-10-5-1-2-6-11(10)20-12/h1-7,12,17H,8H2,(H,15,16,18). The Morgan fingerprint density at radius 1 is 1.25 bits per heavy atom. The van der Waals surface area contributed by atoms with Crippen LogP contribution in [0.4, 0.5) is 5.82 Å². The van der Waals surface area contributed by atoms with Crippen LogP contribution in [0.5, 0.6) is 17.2 Å². The van der Waals surface area contributed by atoms with E-state index in [4.69, 9.17) is 9.47 Å². The van der Waals surface area contributed by atoms with Gasteiger partial charge in [0, 0.05) is 6.20 Å². The van der Waals surface area contributed by atoms with Crippen molar-refractivity contribution in [3.05, 3.63) is 42.6 Å². The molecule has 0 radical (unpaired) electrons. The maximum absolute atomic E-state index is 12.1. The van der Waals surface area contributed by atoms with Crippen LogP contribution in [0.2, 0.25) is 0 Å². The molecule has 102 valence electrons. The van der Waals surface area contributed by atoms with E-state index >= 15 is 0 Å². The summed E-state index contributed by atoms with van der Waals surface area (Å²) in [6.07, 6.45) is 0.689. The highest BCUT2D eigenvalue weighted by Gasteiger charge is 2.27. The van der Waals surface area contributed by atoms with Crippen LogP contribution in [0.15, 0.2) is 42.6 Å². The van der Waals surface area contributed by atoms with Crippen molar-refractivity contribution in [2.75, 3.05) is 11.9 Å². The Morgan fingerprint density at radius 2 is 2.05 bits per heavy atom. The van der Waals surface area contributed by atoms with Crippen LogP contribution in [-0.2, 0) is 4.79 Å². The summed E-state index contributed by atoms with van der Waals surface area (Å²) >= 11 is 0. The maximum Gasteiger partial charge on any atom is 0.270 e. The summed E-state index contributed by atoms with van der Waals surface area (Å²) in [4.78, 5) is 15.9. The number of aromatic hydroxyl groups is 1. The molecule has 0 saturated heterocycles. The topological polar surface area (TPSA) is 80.7 Å². The second-order valence-corrected chi connectivity index (χ2v) is 4.22. The molecule has 20 heavy (non-hydrogen) atoms. The van der Waals surface area contributed by atoms with E-state index in [-0.39, 0.29) is 18.2 Å². The van der Waals surface area contributed by atoms with Gasteiger partial charge in [0.1, 0.15) is 6.61 Å². The normalized spacial score (nSPS) is 16.5. The average molecular weight is 272 g/mol. The number of benzene rings is 1. The number of nitrogens with one attached hydrogen (secondary N) is 1. The minimum absolute atomic E-state index is 0.0972. The van der Waals surface area contributed by atoms with Crippen LogP contribution in [-0.4, -0.2) is 28.7 Å². The summed E-state index contributed by atoms with van der Waals surface area (Å²) in [5.74, 6) is 0.702. The number of fused-ring (bicyclic) bond motifs is 1. The Kier molecular flexibility index (Phi) is 3.12. The van der Waals surface area contributed by atoms with E-state index in [1.54, 1.807) is 24.3 Å². The molecule has 1 aliphatic heterocycles. The van der Waals surface area contributed by atoms with Crippen LogP contribution in [0.1, 0.15) is 0 Å². The number of carbonyl (C=O) groups is 1. The van der Waals surface area contributed by atoms with Crippen molar-refractivity contribution in [2.24, 2.45) is 0 Å². The molecule has 0 aliphatic carbocycles. The summed E-state index contributed by atoms with van der Waals surface area (Å²) in [5.41, 5.74) is 0. The van der Waals surface area contributed by atoms with Crippen molar-refractivity contribution >= 4 is 11.7 Å². The third-order valence-corrected chi connectivity index (χ3v) is 2.83. The Morgan fingerprint density at radius 3 is 2.85 bits per heavy atom. The Hall–Kier alpha value is -2.76. The first-order chi connectivity index (χ1) is 9.74. The van der Waals surface area contributed by atoms with Gasteiger partial charge in [-0.05, 0) is 24.3 Å². The highest BCUT2D eigenvalue weighted by atomic mass is 16.6. The molecule has 2 aromatic rings. The van der Waals surface area contributed by atoms with Gasteiger partial charge in [-0.3, -0.25) is 4.79 Å². The third kappa shape index (κ3) is 2.35. The molecule has 2 N–H and O–H groups in total. The fraction of sp³-hybridized carbons (Fsp3) is 0.143. The van der Waals surface area contributed by atoms with Gasteiger partial charge in [0.25, 0.3) is 5.91 Å². The SMILES string of the molecule is O=C(Nc1ncccc1O)C1COc2ccccc2O1. The molecule has 2 heterocycles. The zero-order valence-electron chi connectivity index (χ0n) is 10.4. The lowest BCUT2D eigenvalue weighted by molar-refractivity contribution is -0.125. The molecule has 0 fully saturated rings. The average Bonchev–Trinajstić information content (AvgIpc) is 2.49. The Bertz CT molecular complexity index is 645. The van der Waals surface area contributed by atoms with Crippen LogP contribution in [0.3, 0.4) is 0 Å². The molecule has 1 aromatic carbocycles. The van der Waals surface area contributed by atoms with Crippen molar-refractivity contribution in [3.8, 4) is 17.2 Å². The maximum atomic E-state index is 12.1. The predicted molar refractivity (Wildman–Crippen MR) is 70.9 cm³/mol. The van der Waals surface area contributed by atoms with Gasteiger partial charge in [0.05, 0.1) is 0 Å². The fourth-order valence-electron chi connectivity index (χ4n) is 1.84. The quantitative estimate of drug-likeness (QED) is 0.867. The molecule has 0 spiro atoms. The second kappa shape index (κ2) is 5.08. The number of amides is 1. The van der Waals surface area contributed by atoms with Crippen molar-refractivity contribution in [1.82, 2.24) is 4.98 Å². The monoisotopic (exact) mass is 272 g/mol. The molecule has 1 amide bonds. The van der Waals surface area contributed by atoms with Gasteiger partial charge in [-0.15, -0.1) is 0 Å². The van der Waals surface area contributed by atoms with Crippen molar-refractivity contribution in [3.63, 3.8) is 0 Å². The van der Waals surface area contributed by atoms with Crippen LogP contribution >= 0.6 is 0 Å². The van der Waals surface area contributed by atoms with Crippen molar-refractivity contribution in [1.29, 1.82) is 0 Å². The van der Waals surface area contributed by atoms with Crippen molar-refractivity contribution in [2.45, 2.75) is 6.10 Å². The van der Waals surface area contributed by atoms with Gasteiger partial charge in [-0.25, -0.2) is 4.98 Å². The first-order valence-electron chi connectivity index (χ1n) is 6.07. The summed E-state index contributed by atoms with van der Waals surface area (Å²) in [5, 5.41) is 12.1. The largest absolute Gasteiger partial charge is 0.504 e. The second-order valence-electron chi connectivity index (χ2n) is 4.22. The number of carbonyl (C=O) groups excluding carboxylic acids is 1. The lowest BCUT2D eigenvalue weighted by Crippen LogP contribution is -2.40. The number of hydrogen-bond acceptors (Lipinski definition) is 5. The number of hydrogen-bond donors (Lipinski definition) is 2. The first kappa shape index (κ1) is 12.3. The first-order valence-corrected chi connectivity index (χ1v) is 6.07. The molecule has 3 rings (SSSR count). The van der Waals surface area contributed by atoms with Gasteiger partial charge in [-0.1, -0.05) is 12.1 Å². The Labute approximate surface area is 115 Å². The molecular formula is C14H12N2O4. The van der Waals surface area contributed by atoms with Gasteiger partial charge in [0.15, 0.2) is 23.1 Å². The lowest BCUT2D eigenvalue weighted by atomic mass is 10.2. The number of rotatable bonds is 2. The molecule has 1 atom stereocenters. The number of para-hydroxylation sites is 2. The number of aromatic nitrogens is 1. The van der Waals surface area contributed by atoms with Gasteiger partial charge in [-0.2, -0.15) is 0 Å². The molecule has 6 nitrogen and oxygen atoms in total. The van der Waals surface area contributed by atoms with E-state index in [1.807, 2.05) is 6.07 Å². The highest BCUT2D eigenvalue weighted by Crippen LogP contribution is 2.31. The van der Waals surface area contributed by atoms with Crippen LogP contribution in [0, 0.1) is 0 Å². The smallest absolute Gasteiger partial charge is 0.270 e. The van der Waals surface area contributed by atoms with Gasteiger partial charge in [0.2, 0.25) is 6.10 Å². The highest BCUT2D eigenvalue weighted by molar-refractivity contribution is 5.94. The molecule has 1 aliphatic rings. The number of nitrogens with zero attached hydrogens (tertiary/aromatic N) is 1. The molecule has 1 unspecified atom stereocenters. The van der Waals surface area contributed by atoms with E-state index in [1.165, 1.54) is 12.3 Å². The minimum atomic E-state index is -0.786. The number of anilines is 1. The van der Waals surface area contributed by atoms with E-state index in [0.717, 1.165) is 0 Å². The van der Waals surface area contributed by atoms with E-state index < -0.39 is 12.0 Å². The number of ether oxygens (including phenoxy) is 2. The lowest BCUT2D eigenvalue weighted by Gasteiger charge is -2.25. The molecule has 6 heteroatoms. The van der Waals surface area contributed by atoms with Crippen LogP contribution < -0.4 is 14.8 Å². The molecule has 0 saturated carbocycles.